The summed E-state index contributed by atoms with van der Waals surface area (Å²) in [6.07, 6.45) is 5.42. The lowest BCUT2D eigenvalue weighted by atomic mass is 10.3. The first-order chi connectivity index (χ1) is 14.0. The number of benzene rings is 1. The first-order valence-corrected chi connectivity index (χ1v) is 10.7. The van der Waals surface area contributed by atoms with Gasteiger partial charge in [-0.1, -0.05) is 17.3 Å². The molecule has 2 amide bonds. The van der Waals surface area contributed by atoms with Gasteiger partial charge in [0.05, 0.1) is 46.4 Å². The Morgan fingerprint density at radius 3 is 2.79 bits per heavy atom. The summed E-state index contributed by atoms with van der Waals surface area (Å²) in [5, 5.41) is 11.0. The molecule has 0 bridgehead atoms. The van der Waals surface area contributed by atoms with Crippen LogP contribution in [0.4, 0.5) is 5.69 Å². The lowest BCUT2D eigenvalue weighted by Gasteiger charge is -2.26. The van der Waals surface area contributed by atoms with Crippen molar-refractivity contribution in [2.75, 3.05) is 37.8 Å². The van der Waals surface area contributed by atoms with Crippen molar-refractivity contribution in [3.63, 3.8) is 0 Å². The molecule has 1 fully saturated rings. The van der Waals surface area contributed by atoms with E-state index in [0.717, 1.165) is 11.3 Å². The number of thiazole rings is 1. The zero-order valence-electron chi connectivity index (χ0n) is 15.4. The summed E-state index contributed by atoms with van der Waals surface area (Å²) >= 11 is 2.37. The smallest absolute Gasteiger partial charge is 0.270 e. The standard InChI is InChI=1S/C18H18N4O5S2/c1-2-5-21-14-4-3-13(22(25)26)10-15(14)29-18(21)19-16(23)11-28-12-17(24)20-6-8-27-9-7-20/h1,3-4,10H,5-9,11-12H2. The number of amides is 2. The highest BCUT2D eigenvalue weighted by Gasteiger charge is 2.17. The first kappa shape index (κ1) is 21.0. The number of rotatable bonds is 6. The van der Waals surface area contributed by atoms with Gasteiger partial charge in [0, 0.05) is 25.2 Å². The molecule has 29 heavy (non-hydrogen) atoms. The van der Waals surface area contributed by atoms with Crippen LogP contribution in [0.5, 0.6) is 0 Å². The number of nitro benzene ring substituents is 1. The SMILES string of the molecule is C#CCn1c(=NC(=O)CSCC(=O)N2CCOCC2)sc2cc([N+](=O)[O-])ccc21. The number of nitrogens with zero attached hydrogens (tertiary/aromatic N) is 4. The van der Waals surface area contributed by atoms with Crippen molar-refractivity contribution < 1.29 is 19.2 Å². The van der Waals surface area contributed by atoms with Crippen molar-refractivity contribution >= 4 is 50.8 Å². The fourth-order valence-electron chi connectivity index (χ4n) is 2.77. The molecule has 2 heterocycles. The fourth-order valence-corrected chi connectivity index (χ4v) is 4.55. The maximum atomic E-state index is 12.3. The van der Waals surface area contributed by atoms with Gasteiger partial charge in [-0.2, -0.15) is 4.99 Å². The Morgan fingerprint density at radius 1 is 1.34 bits per heavy atom. The highest BCUT2D eigenvalue weighted by molar-refractivity contribution is 8.00. The van der Waals surface area contributed by atoms with E-state index in [1.54, 1.807) is 15.5 Å². The topological polar surface area (TPSA) is 107 Å². The average Bonchev–Trinajstić information content (AvgIpc) is 3.05. The van der Waals surface area contributed by atoms with Crippen LogP contribution in [0.15, 0.2) is 23.2 Å². The Hall–Kier alpha value is -2.68. The third kappa shape index (κ3) is 5.23. The minimum atomic E-state index is -0.477. The van der Waals surface area contributed by atoms with E-state index in [2.05, 4.69) is 10.9 Å². The highest BCUT2D eigenvalue weighted by Crippen LogP contribution is 2.23. The molecule has 1 aromatic carbocycles. The van der Waals surface area contributed by atoms with Crippen molar-refractivity contribution in [1.82, 2.24) is 9.47 Å². The van der Waals surface area contributed by atoms with E-state index >= 15 is 0 Å². The van der Waals surface area contributed by atoms with Crippen molar-refractivity contribution in [2.45, 2.75) is 6.54 Å². The number of thioether (sulfide) groups is 1. The molecule has 0 radical (unpaired) electrons. The molecule has 0 N–H and O–H groups in total. The van der Waals surface area contributed by atoms with Gasteiger partial charge in [-0.3, -0.25) is 19.7 Å². The summed E-state index contributed by atoms with van der Waals surface area (Å²) in [6, 6.07) is 4.42. The number of non-ortho nitro benzene ring substituents is 1. The van der Waals surface area contributed by atoms with Gasteiger partial charge in [0.2, 0.25) is 5.91 Å². The Morgan fingerprint density at radius 2 is 2.10 bits per heavy atom. The molecule has 1 aromatic heterocycles. The summed E-state index contributed by atoms with van der Waals surface area (Å²) in [6.45, 7) is 2.38. The second-order valence-electron chi connectivity index (χ2n) is 6.08. The minimum Gasteiger partial charge on any atom is -0.378 e. The van der Waals surface area contributed by atoms with Crippen molar-refractivity contribution in [1.29, 1.82) is 0 Å². The summed E-state index contributed by atoms with van der Waals surface area (Å²) in [5.74, 6) is 2.34. The van der Waals surface area contributed by atoms with Crippen molar-refractivity contribution in [3.8, 4) is 12.3 Å². The molecule has 2 aromatic rings. The number of terminal acetylenes is 1. The Balaban J connectivity index is 1.71. The van der Waals surface area contributed by atoms with Gasteiger partial charge in [0.25, 0.3) is 11.6 Å². The Labute approximate surface area is 174 Å². The van der Waals surface area contributed by atoms with Gasteiger partial charge in [-0.05, 0) is 6.07 Å². The van der Waals surface area contributed by atoms with E-state index in [1.165, 1.54) is 23.9 Å². The van der Waals surface area contributed by atoms with E-state index in [9.17, 15) is 19.7 Å². The lowest BCUT2D eigenvalue weighted by Crippen LogP contribution is -2.41. The van der Waals surface area contributed by atoms with Gasteiger partial charge < -0.3 is 14.2 Å². The predicted molar refractivity (Wildman–Crippen MR) is 111 cm³/mol. The lowest BCUT2D eigenvalue weighted by molar-refractivity contribution is -0.384. The molecular weight excluding hydrogens is 416 g/mol. The molecule has 0 aliphatic carbocycles. The molecule has 0 atom stereocenters. The molecule has 152 valence electrons. The van der Waals surface area contributed by atoms with Crippen LogP contribution in [0.3, 0.4) is 0 Å². The molecule has 0 spiro atoms. The number of hydrogen-bond acceptors (Lipinski definition) is 7. The summed E-state index contributed by atoms with van der Waals surface area (Å²) in [4.78, 5) is 41.1. The summed E-state index contributed by atoms with van der Waals surface area (Å²) in [7, 11) is 0. The van der Waals surface area contributed by atoms with Crippen molar-refractivity contribution in [2.24, 2.45) is 4.99 Å². The monoisotopic (exact) mass is 434 g/mol. The molecule has 1 aliphatic rings. The van der Waals surface area contributed by atoms with Gasteiger partial charge in [-0.25, -0.2) is 0 Å². The van der Waals surface area contributed by atoms with Crippen LogP contribution in [-0.2, 0) is 20.9 Å². The average molecular weight is 434 g/mol. The zero-order valence-corrected chi connectivity index (χ0v) is 17.0. The summed E-state index contributed by atoms with van der Waals surface area (Å²) in [5.41, 5.74) is 0.641. The number of fused-ring (bicyclic) bond motifs is 1. The Bertz CT molecular complexity index is 1050. The molecule has 0 saturated carbocycles. The molecular formula is C18H18N4O5S2. The molecule has 0 unspecified atom stereocenters. The second kappa shape index (κ2) is 9.69. The molecule has 1 aliphatic heterocycles. The number of nitro groups is 1. The number of ether oxygens (including phenoxy) is 1. The highest BCUT2D eigenvalue weighted by atomic mass is 32.2. The number of hydrogen-bond donors (Lipinski definition) is 0. The number of carbonyl (C=O) groups excluding carboxylic acids is 2. The minimum absolute atomic E-state index is 0.0253. The van der Waals surface area contributed by atoms with Gasteiger partial charge >= 0.3 is 0 Å². The molecule has 1 saturated heterocycles. The van der Waals surface area contributed by atoms with Crippen molar-refractivity contribution in [3.05, 3.63) is 33.1 Å². The zero-order chi connectivity index (χ0) is 20.8. The van der Waals surface area contributed by atoms with Crippen LogP contribution in [0, 0.1) is 22.5 Å². The van der Waals surface area contributed by atoms with E-state index < -0.39 is 10.8 Å². The summed E-state index contributed by atoms with van der Waals surface area (Å²) < 4.78 is 7.51. The normalized spacial score (nSPS) is 14.7. The van der Waals surface area contributed by atoms with Gasteiger partial charge in [0.1, 0.15) is 0 Å². The van der Waals surface area contributed by atoms with E-state index in [4.69, 9.17) is 11.2 Å². The van der Waals surface area contributed by atoms with Crippen LogP contribution in [0.25, 0.3) is 10.2 Å². The quantitative estimate of drug-likeness (QED) is 0.385. The van der Waals surface area contributed by atoms with Crippen LogP contribution in [0.2, 0.25) is 0 Å². The third-order valence-electron chi connectivity index (χ3n) is 4.16. The first-order valence-electron chi connectivity index (χ1n) is 8.71. The van der Waals surface area contributed by atoms with Gasteiger partial charge in [-0.15, -0.1) is 18.2 Å². The third-order valence-corrected chi connectivity index (χ3v) is 6.11. The van der Waals surface area contributed by atoms with Gasteiger partial charge in [0.15, 0.2) is 4.80 Å². The van der Waals surface area contributed by atoms with E-state index in [1.807, 2.05) is 0 Å². The number of aromatic nitrogens is 1. The predicted octanol–water partition coefficient (Wildman–Crippen LogP) is 1.26. The van der Waals surface area contributed by atoms with Crippen LogP contribution in [-0.4, -0.2) is 64.0 Å². The molecule has 9 nitrogen and oxygen atoms in total. The number of morpholine rings is 1. The molecule has 11 heteroatoms. The maximum Gasteiger partial charge on any atom is 0.270 e. The maximum absolute atomic E-state index is 12.3. The van der Waals surface area contributed by atoms with E-state index in [-0.39, 0.29) is 29.6 Å². The van der Waals surface area contributed by atoms with Crippen LogP contribution < -0.4 is 4.80 Å². The Kier molecular flexibility index (Phi) is 7.03. The van der Waals surface area contributed by atoms with Crippen LogP contribution >= 0.6 is 23.1 Å². The van der Waals surface area contributed by atoms with E-state index in [0.29, 0.717) is 41.3 Å². The number of carbonyl (C=O) groups is 2. The second-order valence-corrected chi connectivity index (χ2v) is 8.07. The largest absolute Gasteiger partial charge is 0.378 e. The van der Waals surface area contributed by atoms with Crippen LogP contribution in [0.1, 0.15) is 0 Å². The molecule has 3 rings (SSSR count). The fraction of sp³-hybridized carbons (Fsp3) is 0.389.